The van der Waals surface area contributed by atoms with Crippen molar-refractivity contribution in [2.45, 2.75) is 25.9 Å². The number of nitrogens with one attached hydrogen (secondary N) is 1. The summed E-state index contributed by atoms with van der Waals surface area (Å²) >= 11 is 0. The van der Waals surface area contributed by atoms with Gasteiger partial charge in [0.25, 0.3) is 0 Å². The summed E-state index contributed by atoms with van der Waals surface area (Å²) in [6.07, 6.45) is 0.736. The van der Waals surface area contributed by atoms with Crippen molar-refractivity contribution in [3.8, 4) is 0 Å². The molecular formula is C12H17NO2. The molecule has 1 N–H and O–H groups in total. The van der Waals surface area contributed by atoms with Crippen LogP contribution in [0.1, 0.15) is 18.9 Å². The van der Waals surface area contributed by atoms with E-state index in [0.29, 0.717) is 6.54 Å². The van der Waals surface area contributed by atoms with Gasteiger partial charge < -0.3 is 10.1 Å². The van der Waals surface area contributed by atoms with Crippen LogP contribution in [0.4, 0.5) is 0 Å². The normalized spacial score (nSPS) is 12.1. The largest absolute Gasteiger partial charge is 0.468 e. The van der Waals surface area contributed by atoms with Gasteiger partial charge in [-0.2, -0.15) is 0 Å². The van der Waals surface area contributed by atoms with Crippen LogP contribution < -0.4 is 5.32 Å². The molecule has 1 aromatic carbocycles. The van der Waals surface area contributed by atoms with Gasteiger partial charge in [-0.15, -0.1) is 0 Å². The third-order valence-corrected chi connectivity index (χ3v) is 2.29. The highest BCUT2D eigenvalue weighted by Gasteiger charge is 2.15. The number of ether oxygens (including phenoxy) is 1. The minimum Gasteiger partial charge on any atom is -0.468 e. The van der Waals surface area contributed by atoms with Gasteiger partial charge in [0.15, 0.2) is 0 Å². The van der Waals surface area contributed by atoms with E-state index in [1.165, 1.54) is 12.7 Å². The molecule has 0 bridgehead atoms. The van der Waals surface area contributed by atoms with E-state index in [1.807, 2.05) is 37.3 Å². The Labute approximate surface area is 90.4 Å². The minimum absolute atomic E-state index is 0.201. The molecule has 1 rings (SSSR count). The molecule has 0 spiro atoms. The lowest BCUT2D eigenvalue weighted by atomic mass is 10.2. The fourth-order valence-corrected chi connectivity index (χ4v) is 1.37. The third-order valence-electron chi connectivity index (χ3n) is 2.29. The second kappa shape index (κ2) is 6.19. The van der Waals surface area contributed by atoms with Gasteiger partial charge in [0.05, 0.1) is 7.11 Å². The summed E-state index contributed by atoms with van der Waals surface area (Å²) in [5, 5.41) is 3.16. The van der Waals surface area contributed by atoms with Crippen LogP contribution in [0.15, 0.2) is 30.3 Å². The van der Waals surface area contributed by atoms with Gasteiger partial charge in [-0.1, -0.05) is 37.3 Å². The standard InChI is InChI=1S/C12H17NO2/c1-3-11(12(14)15-2)13-9-10-7-5-4-6-8-10/h4-8,11,13H,3,9H2,1-2H3. The zero-order valence-corrected chi connectivity index (χ0v) is 9.19. The first-order valence-corrected chi connectivity index (χ1v) is 5.13. The van der Waals surface area contributed by atoms with Crippen molar-refractivity contribution >= 4 is 5.97 Å². The van der Waals surface area contributed by atoms with E-state index in [9.17, 15) is 4.79 Å². The highest BCUT2D eigenvalue weighted by molar-refractivity contribution is 5.75. The molecule has 0 aliphatic heterocycles. The zero-order chi connectivity index (χ0) is 11.1. The third kappa shape index (κ3) is 3.72. The fourth-order valence-electron chi connectivity index (χ4n) is 1.37. The predicted octanol–water partition coefficient (Wildman–Crippen LogP) is 1.73. The predicted molar refractivity (Wildman–Crippen MR) is 59.4 cm³/mol. The molecule has 0 aliphatic rings. The summed E-state index contributed by atoms with van der Waals surface area (Å²) in [5.74, 6) is -0.201. The van der Waals surface area contributed by atoms with Crippen LogP contribution >= 0.6 is 0 Å². The Bertz CT molecular complexity index is 298. The molecule has 0 radical (unpaired) electrons. The molecule has 1 atom stereocenters. The smallest absolute Gasteiger partial charge is 0.322 e. The van der Waals surface area contributed by atoms with Crippen LogP contribution in [-0.2, 0) is 16.1 Å². The highest BCUT2D eigenvalue weighted by atomic mass is 16.5. The molecule has 0 aromatic heterocycles. The van der Waals surface area contributed by atoms with E-state index in [1.54, 1.807) is 0 Å². The van der Waals surface area contributed by atoms with Crippen molar-refractivity contribution in [2.75, 3.05) is 7.11 Å². The van der Waals surface area contributed by atoms with E-state index in [-0.39, 0.29) is 12.0 Å². The lowest BCUT2D eigenvalue weighted by Gasteiger charge is -2.14. The first-order valence-electron chi connectivity index (χ1n) is 5.13. The summed E-state index contributed by atoms with van der Waals surface area (Å²) in [5.41, 5.74) is 1.17. The number of carbonyl (C=O) groups excluding carboxylic acids is 1. The van der Waals surface area contributed by atoms with Crippen LogP contribution in [0, 0.1) is 0 Å². The molecule has 82 valence electrons. The highest BCUT2D eigenvalue weighted by Crippen LogP contribution is 2.00. The number of benzene rings is 1. The molecule has 0 heterocycles. The van der Waals surface area contributed by atoms with Crippen LogP contribution in [0.5, 0.6) is 0 Å². The summed E-state index contributed by atoms with van der Waals surface area (Å²) in [6.45, 7) is 2.65. The number of methoxy groups -OCH3 is 1. The Morgan fingerprint density at radius 3 is 2.60 bits per heavy atom. The van der Waals surface area contributed by atoms with Gasteiger partial charge in [0.2, 0.25) is 0 Å². The minimum atomic E-state index is -0.213. The summed E-state index contributed by atoms with van der Waals surface area (Å²) < 4.78 is 4.69. The Morgan fingerprint density at radius 1 is 1.40 bits per heavy atom. The SMILES string of the molecule is CCC(NCc1ccccc1)C(=O)OC. The second-order valence-electron chi connectivity index (χ2n) is 3.35. The average Bonchev–Trinajstić information content (AvgIpc) is 2.31. The lowest BCUT2D eigenvalue weighted by Crippen LogP contribution is -2.36. The van der Waals surface area contributed by atoms with Crippen LogP contribution in [0.3, 0.4) is 0 Å². The Hall–Kier alpha value is -1.35. The van der Waals surface area contributed by atoms with Gasteiger partial charge in [-0.05, 0) is 12.0 Å². The molecule has 0 saturated carbocycles. The maximum Gasteiger partial charge on any atom is 0.322 e. The quantitative estimate of drug-likeness (QED) is 0.747. The van der Waals surface area contributed by atoms with Crippen molar-refractivity contribution in [1.82, 2.24) is 5.32 Å². The fraction of sp³-hybridized carbons (Fsp3) is 0.417. The zero-order valence-electron chi connectivity index (χ0n) is 9.19. The van der Waals surface area contributed by atoms with Crippen LogP contribution in [-0.4, -0.2) is 19.1 Å². The van der Waals surface area contributed by atoms with Gasteiger partial charge in [-0.25, -0.2) is 0 Å². The second-order valence-corrected chi connectivity index (χ2v) is 3.35. The van der Waals surface area contributed by atoms with Crippen molar-refractivity contribution in [3.63, 3.8) is 0 Å². The average molecular weight is 207 g/mol. The molecule has 15 heavy (non-hydrogen) atoms. The Balaban J connectivity index is 2.44. The first kappa shape index (κ1) is 11.7. The molecule has 1 unspecified atom stereocenters. The summed E-state index contributed by atoms with van der Waals surface area (Å²) in [7, 11) is 1.41. The number of hydrogen-bond donors (Lipinski definition) is 1. The number of hydrogen-bond acceptors (Lipinski definition) is 3. The molecule has 0 fully saturated rings. The van der Waals surface area contributed by atoms with Crippen LogP contribution in [0.2, 0.25) is 0 Å². The Morgan fingerprint density at radius 2 is 2.07 bits per heavy atom. The number of esters is 1. The van der Waals surface area contributed by atoms with E-state index in [4.69, 9.17) is 4.74 Å². The molecule has 0 saturated heterocycles. The molecule has 1 aromatic rings. The number of rotatable bonds is 5. The maximum atomic E-state index is 11.3. The van der Waals surface area contributed by atoms with Crippen molar-refractivity contribution in [1.29, 1.82) is 0 Å². The van der Waals surface area contributed by atoms with E-state index in [2.05, 4.69) is 5.32 Å². The van der Waals surface area contributed by atoms with E-state index < -0.39 is 0 Å². The lowest BCUT2D eigenvalue weighted by molar-refractivity contribution is -0.143. The topological polar surface area (TPSA) is 38.3 Å². The van der Waals surface area contributed by atoms with Gasteiger partial charge >= 0.3 is 5.97 Å². The molecule has 3 heteroatoms. The van der Waals surface area contributed by atoms with Crippen molar-refractivity contribution in [3.05, 3.63) is 35.9 Å². The maximum absolute atomic E-state index is 11.3. The van der Waals surface area contributed by atoms with E-state index >= 15 is 0 Å². The van der Waals surface area contributed by atoms with Gasteiger partial charge in [0.1, 0.15) is 6.04 Å². The number of carbonyl (C=O) groups is 1. The van der Waals surface area contributed by atoms with Gasteiger partial charge in [-0.3, -0.25) is 4.79 Å². The van der Waals surface area contributed by atoms with E-state index in [0.717, 1.165) is 6.42 Å². The molecule has 3 nitrogen and oxygen atoms in total. The van der Waals surface area contributed by atoms with Crippen LogP contribution in [0.25, 0.3) is 0 Å². The molecule has 0 aliphatic carbocycles. The van der Waals surface area contributed by atoms with Crippen molar-refractivity contribution < 1.29 is 9.53 Å². The molecule has 0 amide bonds. The first-order chi connectivity index (χ1) is 7.27. The monoisotopic (exact) mass is 207 g/mol. The Kier molecular flexibility index (Phi) is 4.84. The molecular weight excluding hydrogens is 190 g/mol. The van der Waals surface area contributed by atoms with Crippen molar-refractivity contribution in [2.24, 2.45) is 0 Å². The summed E-state index contributed by atoms with van der Waals surface area (Å²) in [4.78, 5) is 11.3. The van der Waals surface area contributed by atoms with Gasteiger partial charge in [0, 0.05) is 6.54 Å². The summed E-state index contributed by atoms with van der Waals surface area (Å²) in [6, 6.07) is 9.77.